The van der Waals surface area contributed by atoms with Gasteiger partial charge in [0.2, 0.25) is 0 Å². The second-order valence-corrected chi connectivity index (χ2v) is 5.31. The Kier molecular flexibility index (Phi) is 6.10. The zero-order valence-corrected chi connectivity index (χ0v) is 11.6. The van der Waals surface area contributed by atoms with Gasteiger partial charge in [0, 0.05) is 24.4 Å². The molecule has 2 aromatic rings. The number of rotatable bonds is 9. The number of thiophene rings is 1. The van der Waals surface area contributed by atoms with Gasteiger partial charge in [0.05, 0.1) is 25.6 Å². The largest absolute Gasteiger partial charge is 0.469 e. The highest BCUT2D eigenvalue weighted by Gasteiger charge is 2.04. The molecule has 0 radical (unpaired) electrons. The van der Waals surface area contributed by atoms with Crippen molar-refractivity contribution >= 4 is 11.3 Å². The summed E-state index contributed by atoms with van der Waals surface area (Å²) in [6.45, 7) is 2.24. The summed E-state index contributed by atoms with van der Waals surface area (Å²) in [5.74, 6) is 0.955. The molecule has 0 saturated carbocycles. The molecule has 0 fully saturated rings. The Bertz CT molecular complexity index is 428. The van der Waals surface area contributed by atoms with Crippen molar-refractivity contribution in [2.45, 2.75) is 19.1 Å². The lowest BCUT2D eigenvalue weighted by molar-refractivity contribution is 0.0299. The van der Waals surface area contributed by atoms with Gasteiger partial charge < -0.3 is 19.6 Å². The van der Waals surface area contributed by atoms with Gasteiger partial charge in [0.1, 0.15) is 5.76 Å². The van der Waals surface area contributed by atoms with Crippen LogP contribution in [0.3, 0.4) is 0 Å². The van der Waals surface area contributed by atoms with Crippen molar-refractivity contribution in [1.82, 2.24) is 5.32 Å². The summed E-state index contributed by atoms with van der Waals surface area (Å²) in [6.07, 6.45) is 2.02. The molecule has 19 heavy (non-hydrogen) atoms. The van der Waals surface area contributed by atoms with E-state index in [9.17, 15) is 5.11 Å². The van der Waals surface area contributed by atoms with Gasteiger partial charge in [0.25, 0.3) is 0 Å². The molecule has 0 aromatic carbocycles. The molecule has 2 aromatic heterocycles. The molecule has 0 amide bonds. The van der Waals surface area contributed by atoms with E-state index in [0.29, 0.717) is 19.8 Å². The van der Waals surface area contributed by atoms with Gasteiger partial charge in [-0.3, -0.25) is 0 Å². The van der Waals surface area contributed by atoms with Gasteiger partial charge in [-0.1, -0.05) is 6.07 Å². The molecule has 0 saturated heterocycles. The second-order valence-electron chi connectivity index (χ2n) is 4.28. The van der Waals surface area contributed by atoms with E-state index in [-0.39, 0.29) is 0 Å². The minimum absolute atomic E-state index is 0.353. The number of aliphatic hydroxyl groups excluding tert-OH is 1. The zero-order valence-electron chi connectivity index (χ0n) is 10.7. The van der Waals surface area contributed by atoms with Crippen molar-refractivity contribution in [3.8, 4) is 0 Å². The normalized spacial score (nSPS) is 12.7. The highest BCUT2D eigenvalue weighted by molar-refractivity contribution is 7.09. The predicted molar refractivity (Wildman–Crippen MR) is 75.3 cm³/mol. The second kappa shape index (κ2) is 8.12. The van der Waals surface area contributed by atoms with Crippen LogP contribution in [0.25, 0.3) is 0 Å². The van der Waals surface area contributed by atoms with Crippen LogP contribution in [-0.4, -0.2) is 30.9 Å². The molecule has 104 valence electrons. The van der Waals surface area contributed by atoms with Crippen LogP contribution < -0.4 is 5.32 Å². The fourth-order valence-corrected chi connectivity index (χ4v) is 2.32. The summed E-state index contributed by atoms with van der Waals surface area (Å²) in [5, 5.41) is 14.9. The first-order chi connectivity index (χ1) is 9.34. The predicted octanol–water partition coefficient (Wildman–Crippen LogP) is 2.05. The molecule has 1 unspecified atom stereocenters. The van der Waals surface area contributed by atoms with Crippen LogP contribution in [0.15, 0.2) is 40.3 Å². The third-order valence-electron chi connectivity index (χ3n) is 2.64. The highest BCUT2D eigenvalue weighted by atomic mass is 32.1. The quantitative estimate of drug-likeness (QED) is 0.691. The number of hydrogen-bond donors (Lipinski definition) is 2. The summed E-state index contributed by atoms with van der Waals surface area (Å²) < 4.78 is 10.7. The van der Waals surface area contributed by atoms with Crippen molar-refractivity contribution in [2.75, 3.05) is 19.7 Å². The van der Waals surface area contributed by atoms with Crippen molar-refractivity contribution in [2.24, 2.45) is 0 Å². The van der Waals surface area contributed by atoms with Crippen LogP contribution in [0, 0.1) is 0 Å². The Hall–Kier alpha value is -1.14. The first-order valence-corrected chi connectivity index (χ1v) is 7.24. The number of ether oxygens (including phenoxy) is 1. The van der Waals surface area contributed by atoms with Gasteiger partial charge in [-0.2, -0.15) is 0 Å². The minimum Gasteiger partial charge on any atom is -0.469 e. The van der Waals surface area contributed by atoms with E-state index < -0.39 is 6.10 Å². The van der Waals surface area contributed by atoms with Crippen LogP contribution in [0.2, 0.25) is 0 Å². The first-order valence-electron chi connectivity index (χ1n) is 6.36. The van der Waals surface area contributed by atoms with E-state index in [2.05, 4.69) is 5.32 Å². The van der Waals surface area contributed by atoms with Crippen LogP contribution >= 0.6 is 11.3 Å². The van der Waals surface area contributed by atoms with E-state index >= 15 is 0 Å². The maximum Gasteiger partial charge on any atom is 0.105 e. The molecule has 0 spiro atoms. The van der Waals surface area contributed by atoms with E-state index in [0.717, 1.165) is 18.7 Å². The molecule has 0 aliphatic rings. The van der Waals surface area contributed by atoms with Crippen molar-refractivity contribution in [3.63, 3.8) is 0 Å². The maximum atomic E-state index is 9.73. The van der Waals surface area contributed by atoms with Crippen LogP contribution in [-0.2, 0) is 17.8 Å². The summed E-state index contributed by atoms with van der Waals surface area (Å²) in [4.78, 5) is 1.18. The monoisotopic (exact) mass is 281 g/mol. The molecule has 0 aliphatic carbocycles. The highest BCUT2D eigenvalue weighted by Crippen LogP contribution is 2.09. The summed E-state index contributed by atoms with van der Waals surface area (Å²) >= 11 is 1.66. The smallest absolute Gasteiger partial charge is 0.105 e. The molecule has 2 rings (SSSR count). The van der Waals surface area contributed by atoms with Gasteiger partial charge in [-0.15, -0.1) is 11.3 Å². The molecule has 0 aliphatic heterocycles. The third kappa shape index (κ3) is 5.57. The zero-order chi connectivity index (χ0) is 13.3. The van der Waals surface area contributed by atoms with Crippen LogP contribution in [0.1, 0.15) is 10.6 Å². The Labute approximate surface area is 117 Å². The Morgan fingerprint density at radius 3 is 3.05 bits per heavy atom. The van der Waals surface area contributed by atoms with Gasteiger partial charge in [-0.05, 0) is 23.6 Å². The van der Waals surface area contributed by atoms with E-state index in [1.807, 2.05) is 29.6 Å². The van der Waals surface area contributed by atoms with Crippen molar-refractivity contribution < 1.29 is 14.3 Å². The van der Waals surface area contributed by atoms with Crippen LogP contribution in [0.4, 0.5) is 0 Å². The molecule has 0 bridgehead atoms. The maximum absolute atomic E-state index is 9.73. The topological polar surface area (TPSA) is 54.6 Å². The minimum atomic E-state index is -0.475. The Morgan fingerprint density at radius 2 is 2.32 bits per heavy atom. The number of furan rings is 1. The Balaban J connectivity index is 1.48. The molecule has 2 N–H and O–H groups in total. The van der Waals surface area contributed by atoms with E-state index in [1.165, 1.54) is 4.88 Å². The average Bonchev–Trinajstić information content (AvgIpc) is 3.07. The lowest BCUT2D eigenvalue weighted by atomic mass is 10.3. The molecular weight excluding hydrogens is 262 g/mol. The molecular formula is C14H19NO3S. The summed E-state index contributed by atoms with van der Waals surface area (Å²) in [7, 11) is 0. The Morgan fingerprint density at radius 1 is 1.37 bits per heavy atom. The van der Waals surface area contributed by atoms with Crippen molar-refractivity contribution in [3.05, 3.63) is 46.5 Å². The summed E-state index contributed by atoms with van der Waals surface area (Å²) in [5.41, 5.74) is 0. The summed E-state index contributed by atoms with van der Waals surface area (Å²) in [6, 6.07) is 7.85. The molecule has 5 heteroatoms. The molecule has 4 nitrogen and oxygen atoms in total. The van der Waals surface area contributed by atoms with Gasteiger partial charge in [-0.25, -0.2) is 0 Å². The lowest BCUT2D eigenvalue weighted by Gasteiger charge is -2.11. The third-order valence-corrected chi connectivity index (χ3v) is 3.49. The van der Waals surface area contributed by atoms with Gasteiger partial charge in [0.15, 0.2) is 0 Å². The number of aliphatic hydroxyl groups is 1. The average molecular weight is 281 g/mol. The SMILES string of the molecule is OC(CNCCc1ccco1)COCc1cccs1. The van der Waals surface area contributed by atoms with E-state index in [4.69, 9.17) is 9.15 Å². The number of hydrogen-bond acceptors (Lipinski definition) is 5. The van der Waals surface area contributed by atoms with Crippen LogP contribution in [0.5, 0.6) is 0 Å². The number of nitrogens with one attached hydrogen (secondary N) is 1. The fourth-order valence-electron chi connectivity index (χ4n) is 1.68. The standard InChI is InChI=1S/C14H19NO3S/c16-12(10-17-11-14-4-2-8-19-14)9-15-6-5-13-3-1-7-18-13/h1-4,7-8,12,15-16H,5-6,9-11H2. The lowest BCUT2D eigenvalue weighted by Crippen LogP contribution is -2.31. The van der Waals surface area contributed by atoms with Crippen molar-refractivity contribution in [1.29, 1.82) is 0 Å². The molecule has 1 atom stereocenters. The first kappa shape index (κ1) is 14.3. The van der Waals surface area contributed by atoms with Gasteiger partial charge >= 0.3 is 0 Å². The molecule has 2 heterocycles. The van der Waals surface area contributed by atoms with E-state index in [1.54, 1.807) is 17.6 Å². The fraction of sp³-hybridized carbons (Fsp3) is 0.429.